The average Bonchev–Trinajstić information content (AvgIpc) is 2.96. The summed E-state index contributed by atoms with van der Waals surface area (Å²) >= 11 is 0. The zero-order chi connectivity index (χ0) is 15.5. The van der Waals surface area contributed by atoms with E-state index in [2.05, 4.69) is 22.0 Å². The number of nitriles is 1. The predicted molar refractivity (Wildman–Crippen MR) is 84.5 cm³/mol. The molecule has 3 rings (SSSR count). The Bertz CT molecular complexity index is 905. The molecule has 0 unspecified atom stereocenters. The van der Waals surface area contributed by atoms with Crippen molar-refractivity contribution in [3.63, 3.8) is 0 Å². The van der Waals surface area contributed by atoms with Gasteiger partial charge in [0.25, 0.3) is 0 Å². The standard InChI is InChI=1S/C18H12N4/c1-3-13-4-6-15(7-5-13)18-17(21-12-22(18)2)16-10-14(11-19)8-9-20-16/h1,4-10,12H,2H3. The molecule has 0 saturated carbocycles. The Balaban J connectivity index is 2.15. The van der Waals surface area contributed by atoms with E-state index in [1.54, 1.807) is 24.7 Å². The molecule has 0 bridgehead atoms. The minimum atomic E-state index is 0.560. The molecule has 0 radical (unpaired) electrons. The van der Waals surface area contributed by atoms with Gasteiger partial charge in [-0.1, -0.05) is 18.1 Å². The summed E-state index contributed by atoms with van der Waals surface area (Å²) in [6, 6.07) is 13.2. The quantitative estimate of drug-likeness (QED) is 0.680. The number of aryl methyl sites for hydroxylation is 1. The maximum Gasteiger partial charge on any atom is 0.115 e. The summed E-state index contributed by atoms with van der Waals surface area (Å²) < 4.78 is 1.93. The number of nitrogens with zero attached hydrogens (tertiary/aromatic N) is 4. The molecule has 0 aliphatic carbocycles. The van der Waals surface area contributed by atoms with Crippen LogP contribution in [-0.2, 0) is 7.05 Å². The highest BCUT2D eigenvalue weighted by molar-refractivity contribution is 5.77. The lowest BCUT2D eigenvalue weighted by Crippen LogP contribution is -1.93. The first-order chi connectivity index (χ1) is 10.7. The lowest BCUT2D eigenvalue weighted by Gasteiger charge is -2.06. The molecule has 2 heterocycles. The van der Waals surface area contributed by atoms with Crippen LogP contribution in [0.15, 0.2) is 48.9 Å². The van der Waals surface area contributed by atoms with Gasteiger partial charge < -0.3 is 4.57 Å². The highest BCUT2D eigenvalue weighted by Gasteiger charge is 2.14. The van der Waals surface area contributed by atoms with E-state index in [1.807, 2.05) is 35.9 Å². The molecule has 0 atom stereocenters. The van der Waals surface area contributed by atoms with Gasteiger partial charge in [-0.05, 0) is 24.3 Å². The van der Waals surface area contributed by atoms with Crippen molar-refractivity contribution >= 4 is 0 Å². The molecule has 0 saturated heterocycles. The molecular weight excluding hydrogens is 272 g/mol. The van der Waals surface area contributed by atoms with Gasteiger partial charge in [0.05, 0.1) is 29.3 Å². The topological polar surface area (TPSA) is 54.5 Å². The number of imidazole rings is 1. The average molecular weight is 284 g/mol. The van der Waals surface area contributed by atoms with Gasteiger partial charge in [0, 0.05) is 24.4 Å². The molecule has 22 heavy (non-hydrogen) atoms. The van der Waals surface area contributed by atoms with E-state index in [0.29, 0.717) is 11.3 Å². The predicted octanol–water partition coefficient (Wildman–Crippen LogP) is 3.00. The molecule has 0 N–H and O–H groups in total. The number of benzene rings is 1. The molecule has 0 fully saturated rings. The van der Waals surface area contributed by atoms with Gasteiger partial charge in [-0.3, -0.25) is 4.98 Å². The highest BCUT2D eigenvalue weighted by atomic mass is 15.0. The maximum atomic E-state index is 9.04. The van der Waals surface area contributed by atoms with Crippen LogP contribution in [-0.4, -0.2) is 14.5 Å². The number of hydrogen-bond acceptors (Lipinski definition) is 3. The zero-order valence-corrected chi connectivity index (χ0v) is 12.0. The van der Waals surface area contributed by atoms with E-state index in [0.717, 1.165) is 22.5 Å². The van der Waals surface area contributed by atoms with E-state index in [9.17, 15) is 0 Å². The number of terminal acetylenes is 1. The summed E-state index contributed by atoms with van der Waals surface area (Å²) in [5.74, 6) is 2.60. The van der Waals surface area contributed by atoms with Gasteiger partial charge in [-0.15, -0.1) is 6.42 Å². The highest BCUT2D eigenvalue weighted by Crippen LogP contribution is 2.29. The van der Waals surface area contributed by atoms with Crippen LogP contribution >= 0.6 is 0 Å². The molecule has 0 spiro atoms. The summed E-state index contributed by atoms with van der Waals surface area (Å²) in [6.07, 6.45) is 8.75. The Morgan fingerprint density at radius 2 is 1.86 bits per heavy atom. The zero-order valence-electron chi connectivity index (χ0n) is 12.0. The third kappa shape index (κ3) is 2.34. The second kappa shape index (κ2) is 5.55. The van der Waals surface area contributed by atoms with Crippen LogP contribution in [0, 0.1) is 23.7 Å². The fourth-order valence-electron chi connectivity index (χ4n) is 2.31. The monoisotopic (exact) mass is 284 g/mol. The normalized spacial score (nSPS) is 9.95. The van der Waals surface area contributed by atoms with Crippen molar-refractivity contribution in [2.24, 2.45) is 7.05 Å². The number of aromatic nitrogens is 3. The third-order valence-corrected chi connectivity index (χ3v) is 3.39. The van der Waals surface area contributed by atoms with Crippen molar-refractivity contribution in [1.29, 1.82) is 5.26 Å². The summed E-state index contributed by atoms with van der Waals surface area (Å²) in [7, 11) is 1.93. The van der Waals surface area contributed by atoms with Crippen LogP contribution in [0.25, 0.3) is 22.6 Å². The van der Waals surface area contributed by atoms with Crippen LogP contribution in [0.3, 0.4) is 0 Å². The molecule has 3 aromatic rings. The maximum absolute atomic E-state index is 9.04. The first kappa shape index (κ1) is 13.6. The Morgan fingerprint density at radius 1 is 1.09 bits per heavy atom. The van der Waals surface area contributed by atoms with E-state index in [1.165, 1.54) is 0 Å². The summed E-state index contributed by atoms with van der Waals surface area (Å²) in [5.41, 5.74) is 4.74. The van der Waals surface area contributed by atoms with E-state index in [4.69, 9.17) is 11.7 Å². The molecule has 1 aromatic carbocycles. The van der Waals surface area contributed by atoms with Gasteiger partial charge in [0.2, 0.25) is 0 Å². The van der Waals surface area contributed by atoms with Crippen molar-refractivity contribution in [1.82, 2.24) is 14.5 Å². The van der Waals surface area contributed by atoms with Gasteiger partial charge in [-0.25, -0.2) is 4.98 Å². The Kier molecular flexibility index (Phi) is 3.43. The number of hydrogen-bond donors (Lipinski definition) is 0. The fraction of sp³-hybridized carbons (Fsp3) is 0.0556. The number of rotatable bonds is 2. The first-order valence-corrected chi connectivity index (χ1v) is 6.68. The molecule has 0 amide bonds. The molecular formula is C18H12N4. The summed E-state index contributed by atoms with van der Waals surface area (Å²) in [6.45, 7) is 0. The molecule has 0 aliphatic heterocycles. The minimum Gasteiger partial charge on any atom is -0.333 e. The van der Waals surface area contributed by atoms with Crippen LogP contribution in [0.1, 0.15) is 11.1 Å². The lowest BCUT2D eigenvalue weighted by molar-refractivity contribution is 0.921. The van der Waals surface area contributed by atoms with Crippen LogP contribution in [0.4, 0.5) is 0 Å². The van der Waals surface area contributed by atoms with Crippen molar-refractivity contribution in [2.75, 3.05) is 0 Å². The van der Waals surface area contributed by atoms with Crippen molar-refractivity contribution < 1.29 is 0 Å². The Hall–Kier alpha value is -3.37. The summed E-state index contributed by atoms with van der Waals surface area (Å²) in [4.78, 5) is 8.76. The van der Waals surface area contributed by atoms with Gasteiger partial charge in [0.15, 0.2) is 0 Å². The second-order valence-electron chi connectivity index (χ2n) is 4.82. The molecule has 4 heteroatoms. The van der Waals surface area contributed by atoms with Gasteiger partial charge in [0.1, 0.15) is 5.69 Å². The second-order valence-corrected chi connectivity index (χ2v) is 4.82. The molecule has 0 aliphatic rings. The number of pyridine rings is 1. The van der Waals surface area contributed by atoms with E-state index in [-0.39, 0.29) is 0 Å². The lowest BCUT2D eigenvalue weighted by atomic mass is 10.1. The van der Waals surface area contributed by atoms with E-state index >= 15 is 0 Å². The fourth-order valence-corrected chi connectivity index (χ4v) is 2.31. The smallest absolute Gasteiger partial charge is 0.115 e. The van der Waals surface area contributed by atoms with Crippen LogP contribution < -0.4 is 0 Å². The van der Waals surface area contributed by atoms with Gasteiger partial charge >= 0.3 is 0 Å². The first-order valence-electron chi connectivity index (χ1n) is 6.68. The van der Waals surface area contributed by atoms with Crippen molar-refractivity contribution in [3.05, 3.63) is 60.0 Å². The molecule has 2 aromatic heterocycles. The van der Waals surface area contributed by atoms with Crippen LogP contribution in [0.2, 0.25) is 0 Å². The minimum absolute atomic E-state index is 0.560. The Labute approximate surface area is 128 Å². The van der Waals surface area contributed by atoms with Crippen molar-refractivity contribution in [2.45, 2.75) is 0 Å². The SMILES string of the molecule is C#Cc1ccc(-c2c(-c3cc(C#N)ccn3)ncn2C)cc1. The largest absolute Gasteiger partial charge is 0.333 e. The third-order valence-electron chi connectivity index (χ3n) is 3.39. The van der Waals surface area contributed by atoms with Crippen molar-refractivity contribution in [3.8, 4) is 41.1 Å². The van der Waals surface area contributed by atoms with E-state index < -0.39 is 0 Å². The summed E-state index contributed by atoms with van der Waals surface area (Å²) in [5, 5.41) is 9.04. The van der Waals surface area contributed by atoms with Gasteiger partial charge in [-0.2, -0.15) is 5.26 Å². The Morgan fingerprint density at radius 3 is 2.55 bits per heavy atom. The molecule has 4 nitrogen and oxygen atoms in total. The molecule has 104 valence electrons. The van der Waals surface area contributed by atoms with Crippen LogP contribution in [0.5, 0.6) is 0 Å².